The van der Waals surface area contributed by atoms with Crippen molar-refractivity contribution in [3.63, 3.8) is 0 Å². The SMILES string of the molecule is COc1cc(/C=C2\SC(=S)N(c3ccc(Cl)c(Cl)c3)C2=O)cc(I)c1OCc1ccccc1Cl. The zero-order valence-corrected chi connectivity index (χ0v) is 23.5. The van der Waals surface area contributed by atoms with E-state index in [1.54, 1.807) is 31.4 Å². The van der Waals surface area contributed by atoms with E-state index in [9.17, 15) is 4.79 Å². The van der Waals surface area contributed by atoms with Crippen molar-refractivity contribution < 1.29 is 14.3 Å². The Kier molecular flexibility index (Phi) is 8.32. The van der Waals surface area contributed by atoms with Crippen LogP contribution in [0.4, 0.5) is 5.69 Å². The van der Waals surface area contributed by atoms with Crippen LogP contribution in [0.25, 0.3) is 6.08 Å². The number of thiocarbonyl (C=S) groups is 1. The predicted molar refractivity (Wildman–Crippen MR) is 154 cm³/mol. The van der Waals surface area contributed by atoms with Crippen LogP contribution >= 0.6 is 81.4 Å². The van der Waals surface area contributed by atoms with E-state index >= 15 is 0 Å². The summed E-state index contributed by atoms with van der Waals surface area (Å²) in [5.41, 5.74) is 2.22. The smallest absolute Gasteiger partial charge is 0.270 e. The minimum atomic E-state index is -0.235. The fourth-order valence-corrected chi connectivity index (χ4v) is 5.76. The van der Waals surface area contributed by atoms with Crippen LogP contribution in [0.2, 0.25) is 15.1 Å². The average Bonchev–Trinajstić information content (AvgIpc) is 3.08. The molecule has 4 nitrogen and oxygen atoms in total. The van der Waals surface area contributed by atoms with E-state index in [1.165, 1.54) is 16.7 Å². The molecule has 0 N–H and O–H groups in total. The molecule has 1 saturated heterocycles. The number of carbonyl (C=O) groups is 1. The average molecular weight is 663 g/mol. The van der Waals surface area contributed by atoms with E-state index in [2.05, 4.69) is 22.6 Å². The first-order chi connectivity index (χ1) is 16.3. The molecular formula is C24H15Cl3INO3S2. The van der Waals surface area contributed by atoms with Crippen LogP contribution in [0, 0.1) is 3.57 Å². The molecule has 3 aromatic rings. The summed E-state index contributed by atoms with van der Waals surface area (Å²) in [5, 5.41) is 1.39. The van der Waals surface area contributed by atoms with Crippen molar-refractivity contribution in [1.82, 2.24) is 0 Å². The molecule has 174 valence electrons. The number of halogens is 4. The fraction of sp³-hybridized carbons (Fsp3) is 0.0833. The Bertz CT molecular complexity index is 1330. The molecule has 0 atom stereocenters. The van der Waals surface area contributed by atoms with E-state index in [0.717, 1.165) is 14.7 Å². The third-order valence-electron chi connectivity index (χ3n) is 4.83. The fourth-order valence-electron chi connectivity index (χ4n) is 3.19. The lowest BCUT2D eigenvalue weighted by Gasteiger charge is -2.15. The summed E-state index contributed by atoms with van der Waals surface area (Å²) < 4.78 is 12.8. The van der Waals surface area contributed by atoms with Gasteiger partial charge < -0.3 is 9.47 Å². The highest BCUT2D eigenvalue weighted by Crippen LogP contribution is 2.40. The lowest BCUT2D eigenvalue weighted by atomic mass is 10.1. The monoisotopic (exact) mass is 661 g/mol. The molecule has 1 amide bonds. The van der Waals surface area contributed by atoms with Gasteiger partial charge in [0.2, 0.25) is 0 Å². The first-order valence-electron chi connectivity index (χ1n) is 9.75. The van der Waals surface area contributed by atoms with Crippen molar-refractivity contribution in [3.05, 3.63) is 89.3 Å². The molecule has 1 aliphatic heterocycles. The minimum Gasteiger partial charge on any atom is -0.493 e. The molecule has 1 heterocycles. The Labute approximate surface area is 235 Å². The van der Waals surface area contributed by atoms with E-state index < -0.39 is 0 Å². The van der Waals surface area contributed by atoms with Gasteiger partial charge in [0.05, 0.1) is 31.3 Å². The third kappa shape index (κ3) is 5.50. The molecule has 3 aromatic carbocycles. The van der Waals surface area contributed by atoms with Crippen molar-refractivity contribution in [2.45, 2.75) is 6.61 Å². The standard InChI is InChI=1S/C24H15Cl3INO3S2/c1-31-20-9-13(8-19(28)22(20)32-12-14-4-2-3-5-16(14)25)10-21-23(30)29(24(33)34-21)15-6-7-17(26)18(27)11-15/h2-11H,12H2,1H3/b21-10-. The van der Waals surface area contributed by atoms with Gasteiger partial charge in [-0.3, -0.25) is 9.69 Å². The third-order valence-corrected chi connectivity index (χ3v) is 8.05. The minimum absolute atomic E-state index is 0.235. The van der Waals surface area contributed by atoms with Crippen molar-refractivity contribution in [2.24, 2.45) is 0 Å². The summed E-state index contributed by atoms with van der Waals surface area (Å²) in [5.74, 6) is 0.912. The van der Waals surface area contributed by atoms with E-state index in [1.807, 2.05) is 36.4 Å². The Balaban J connectivity index is 1.59. The highest BCUT2D eigenvalue weighted by molar-refractivity contribution is 14.1. The second-order valence-electron chi connectivity index (χ2n) is 7.03. The number of nitrogens with zero attached hydrogens (tertiary/aromatic N) is 1. The maximum Gasteiger partial charge on any atom is 0.270 e. The molecule has 1 aliphatic rings. The van der Waals surface area contributed by atoms with Gasteiger partial charge in [-0.2, -0.15) is 0 Å². The number of hydrogen-bond acceptors (Lipinski definition) is 5. The molecule has 10 heteroatoms. The summed E-state index contributed by atoms with van der Waals surface area (Å²) >= 11 is 27.2. The van der Waals surface area contributed by atoms with Crippen molar-refractivity contribution >= 4 is 103 Å². The number of carbonyl (C=O) groups excluding carboxylic acids is 1. The lowest BCUT2D eigenvalue weighted by molar-refractivity contribution is -0.113. The van der Waals surface area contributed by atoms with E-state index in [-0.39, 0.29) is 5.91 Å². The number of methoxy groups -OCH3 is 1. The summed E-state index contributed by atoms with van der Waals surface area (Å²) in [6.07, 6.45) is 1.78. The largest absolute Gasteiger partial charge is 0.493 e. The number of anilines is 1. The van der Waals surface area contributed by atoms with Gasteiger partial charge in [0.15, 0.2) is 15.8 Å². The maximum atomic E-state index is 13.1. The van der Waals surface area contributed by atoms with E-state index in [4.69, 9.17) is 56.5 Å². The quantitative estimate of drug-likeness (QED) is 0.151. The van der Waals surface area contributed by atoms with Crippen LogP contribution in [-0.4, -0.2) is 17.3 Å². The Morgan fingerprint density at radius 3 is 2.53 bits per heavy atom. The topological polar surface area (TPSA) is 38.8 Å². The number of benzene rings is 3. The highest BCUT2D eigenvalue weighted by Gasteiger charge is 2.33. The van der Waals surface area contributed by atoms with Crippen LogP contribution < -0.4 is 14.4 Å². The van der Waals surface area contributed by atoms with Gasteiger partial charge in [0, 0.05) is 10.6 Å². The highest BCUT2D eigenvalue weighted by atomic mass is 127. The molecule has 0 saturated carbocycles. The zero-order valence-electron chi connectivity index (χ0n) is 17.5. The van der Waals surface area contributed by atoms with Crippen molar-refractivity contribution in [1.29, 1.82) is 0 Å². The molecule has 34 heavy (non-hydrogen) atoms. The van der Waals surface area contributed by atoms with Gasteiger partial charge in [0.1, 0.15) is 6.61 Å². The van der Waals surface area contributed by atoms with Gasteiger partial charge in [-0.15, -0.1) is 0 Å². The van der Waals surface area contributed by atoms with E-state index in [0.29, 0.717) is 48.1 Å². The predicted octanol–water partition coefficient (Wildman–Crippen LogP) is 8.24. The number of ether oxygens (including phenoxy) is 2. The molecule has 0 radical (unpaired) electrons. The summed E-state index contributed by atoms with van der Waals surface area (Å²) in [6.45, 7) is 0.299. The Morgan fingerprint density at radius 2 is 1.82 bits per heavy atom. The van der Waals surface area contributed by atoms with Gasteiger partial charge in [-0.05, 0) is 70.6 Å². The summed E-state index contributed by atoms with van der Waals surface area (Å²) in [4.78, 5) is 15.0. The number of amides is 1. The van der Waals surface area contributed by atoms with Crippen LogP contribution in [0.1, 0.15) is 11.1 Å². The molecule has 0 unspecified atom stereocenters. The first kappa shape index (κ1) is 25.6. The van der Waals surface area contributed by atoms with Crippen molar-refractivity contribution in [3.8, 4) is 11.5 Å². The number of rotatable bonds is 6. The number of thioether (sulfide) groups is 1. The molecule has 4 rings (SSSR count). The maximum absolute atomic E-state index is 13.1. The summed E-state index contributed by atoms with van der Waals surface area (Å²) in [7, 11) is 1.57. The molecule has 1 fully saturated rings. The molecule has 0 aromatic heterocycles. The van der Waals surface area contributed by atoms with Crippen molar-refractivity contribution in [2.75, 3.05) is 12.0 Å². The summed E-state index contributed by atoms with van der Waals surface area (Å²) in [6, 6.07) is 16.2. The molecular weight excluding hydrogens is 648 g/mol. The Hall–Kier alpha value is -1.49. The molecule has 0 aliphatic carbocycles. The van der Waals surface area contributed by atoms with Crippen LogP contribution in [0.5, 0.6) is 11.5 Å². The Morgan fingerprint density at radius 1 is 1.06 bits per heavy atom. The van der Waals surface area contributed by atoms with Gasteiger partial charge in [-0.1, -0.05) is 77.0 Å². The van der Waals surface area contributed by atoms with Gasteiger partial charge in [-0.25, -0.2) is 0 Å². The van der Waals surface area contributed by atoms with Crippen LogP contribution in [0.3, 0.4) is 0 Å². The van der Waals surface area contributed by atoms with Crippen LogP contribution in [0.15, 0.2) is 59.5 Å². The second kappa shape index (κ2) is 11.1. The zero-order chi connectivity index (χ0) is 24.4. The molecule has 0 spiro atoms. The second-order valence-corrected chi connectivity index (χ2v) is 11.1. The normalized spacial score (nSPS) is 14.7. The van der Waals surface area contributed by atoms with Crippen LogP contribution in [-0.2, 0) is 11.4 Å². The molecule has 0 bridgehead atoms. The lowest BCUT2D eigenvalue weighted by Crippen LogP contribution is -2.27. The first-order valence-corrected chi connectivity index (χ1v) is 13.2. The number of hydrogen-bond donors (Lipinski definition) is 0. The van der Waals surface area contributed by atoms with Gasteiger partial charge >= 0.3 is 0 Å². The van der Waals surface area contributed by atoms with Gasteiger partial charge in [0.25, 0.3) is 5.91 Å².